The van der Waals surface area contributed by atoms with E-state index in [1.807, 2.05) is 6.07 Å². The molecule has 0 aliphatic heterocycles. The average Bonchev–Trinajstić information content (AvgIpc) is 2.43. The number of aryl methyl sites for hydroxylation is 1. The first kappa shape index (κ1) is 16.7. The second-order valence-corrected chi connectivity index (χ2v) is 5.42. The number of hydrogen-bond donors (Lipinski definition) is 2. The van der Waals surface area contributed by atoms with E-state index in [4.69, 9.17) is 0 Å². The predicted octanol–water partition coefficient (Wildman–Crippen LogP) is 4.24. The minimum atomic E-state index is 0.457. The monoisotopic (exact) mass is 278 g/mol. The maximum absolute atomic E-state index is 4.62. The summed E-state index contributed by atoms with van der Waals surface area (Å²) in [5, 5.41) is 6.86. The van der Waals surface area contributed by atoms with Crippen LogP contribution >= 0.6 is 0 Å². The van der Waals surface area contributed by atoms with Gasteiger partial charge in [0.05, 0.1) is 0 Å². The van der Waals surface area contributed by atoms with Crippen LogP contribution in [0.1, 0.15) is 65.6 Å². The highest BCUT2D eigenvalue weighted by Gasteiger charge is 2.07. The topological polar surface area (TPSA) is 49.8 Å². The van der Waals surface area contributed by atoms with Crippen LogP contribution in [-0.4, -0.2) is 22.6 Å². The molecule has 1 heterocycles. The molecule has 0 aliphatic rings. The van der Waals surface area contributed by atoms with Gasteiger partial charge in [0.25, 0.3) is 0 Å². The van der Waals surface area contributed by atoms with Crippen molar-refractivity contribution in [3.8, 4) is 0 Å². The summed E-state index contributed by atoms with van der Waals surface area (Å²) in [7, 11) is 0. The van der Waals surface area contributed by atoms with Crippen LogP contribution in [0, 0.1) is 0 Å². The van der Waals surface area contributed by atoms with Gasteiger partial charge >= 0.3 is 0 Å². The molecule has 114 valence electrons. The Morgan fingerprint density at radius 3 is 2.45 bits per heavy atom. The van der Waals surface area contributed by atoms with Crippen molar-refractivity contribution in [3.05, 3.63) is 11.9 Å². The molecule has 4 heteroatoms. The van der Waals surface area contributed by atoms with Crippen LogP contribution in [0.5, 0.6) is 0 Å². The fraction of sp³-hybridized carbons (Fsp3) is 0.750. The molecule has 0 spiro atoms. The minimum Gasteiger partial charge on any atom is -0.370 e. The zero-order chi connectivity index (χ0) is 14.8. The van der Waals surface area contributed by atoms with Gasteiger partial charge in [-0.05, 0) is 26.2 Å². The smallest absolute Gasteiger partial charge is 0.133 e. The highest BCUT2D eigenvalue weighted by Crippen LogP contribution is 2.15. The lowest BCUT2D eigenvalue weighted by atomic mass is 10.1. The number of anilines is 2. The SMILES string of the molecule is CCCCC(C)Nc1cc(NCCC)nc(CCC)n1. The standard InChI is InChI=1S/C16H30N4/c1-5-8-10-13(4)18-16-12-15(17-11-7-3)19-14(20-16)9-6-2/h12-13H,5-11H2,1-4H3,(H2,17,18,19,20). The number of rotatable bonds is 10. The number of aromatic nitrogens is 2. The molecule has 0 saturated heterocycles. The van der Waals surface area contributed by atoms with Crippen LogP contribution in [0.4, 0.5) is 11.6 Å². The van der Waals surface area contributed by atoms with Crippen LogP contribution in [-0.2, 0) is 6.42 Å². The maximum atomic E-state index is 4.62. The van der Waals surface area contributed by atoms with Gasteiger partial charge in [0.1, 0.15) is 17.5 Å². The van der Waals surface area contributed by atoms with Gasteiger partial charge in [0, 0.05) is 25.1 Å². The summed E-state index contributed by atoms with van der Waals surface area (Å²) >= 11 is 0. The summed E-state index contributed by atoms with van der Waals surface area (Å²) in [6.07, 6.45) is 6.77. The Labute approximate surface area is 123 Å². The Kier molecular flexibility index (Phi) is 8.00. The highest BCUT2D eigenvalue weighted by molar-refractivity contribution is 5.48. The third-order valence-corrected chi connectivity index (χ3v) is 3.19. The van der Waals surface area contributed by atoms with Crippen LogP contribution in [0.15, 0.2) is 6.07 Å². The zero-order valence-corrected chi connectivity index (χ0v) is 13.5. The van der Waals surface area contributed by atoms with Crippen molar-refractivity contribution in [3.63, 3.8) is 0 Å². The Balaban J connectivity index is 2.73. The van der Waals surface area contributed by atoms with E-state index >= 15 is 0 Å². The van der Waals surface area contributed by atoms with Gasteiger partial charge in [-0.3, -0.25) is 0 Å². The molecule has 0 saturated carbocycles. The summed E-state index contributed by atoms with van der Waals surface area (Å²) in [6.45, 7) is 9.72. The van der Waals surface area contributed by atoms with Crippen molar-refractivity contribution in [1.82, 2.24) is 9.97 Å². The second-order valence-electron chi connectivity index (χ2n) is 5.42. The highest BCUT2D eigenvalue weighted by atomic mass is 15.1. The minimum absolute atomic E-state index is 0.457. The lowest BCUT2D eigenvalue weighted by molar-refractivity contribution is 0.642. The molecule has 0 radical (unpaired) electrons. The first-order chi connectivity index (χ1) is 9.69. The third-order valence-electron chi connectivity index (χ3n) is 3.19. The molecule has 1 unspecified atom stereocenters. The third kappa shape index (κ3) is 6.22. The van der Waals surface area contributed by atoms with Crippen molar-refractivity contribution < 1.29 is 0 Å². The summed E-state index contributed by atoms with van der Waals surface area (Å²) in [6, 6.07) is 2.48. The summed E-state index contributed by atoms with van der Waals surface area (Å²) < 4.78 is 0. The molecular weight excluding hydrogens is 248 g/mol. The van der Waals surface area contributed by atoms with E-state index in [-0.39, 0.29) is 0 Å². The molecule has 0 bridgehead atoms. The van der Waals surface area contributed by atoms with E-state index in [2.05, 4.69) is 48.3 Å². The van der Waals surface area contributed by atoms with E-state index in [0.29, 0.717) is 6.04 Å². The van der Waals surface area contributed by atoms with Gasteiger partial charge < -0.3 is 10.6 Å². The van der Waals surface area contributed by atoms with Crippen LogP contribution in [0.25, 0.3) is 0 Å². The fourth-order valence-electron chi connectivity index (χ4n) is 2.09. The second kappa shape index (κ2) is 9.56. The van der Waals surface area contributed by atoms with Crippen molar-refractivity contribution in [2.24, 2.45) is 0 Å². The summed E-state index contributed by atoms with van der Waals surface area (Å²) in [4.78, 5) is 9.18. The van der Waals surface area contributed by atoms with Gasteiger partial charge in [-0.15, -0.1) is 0 Å². The Hall–Kier alpha value is -1.32. The summed E-state index contributed by atoms with van der Waals surface area (Å²) in [5.74, 6) is 2.82. The molecule has 4 nitrogen and oxygen atoms in total. The lowest BCUT2D eigenvalue weighted by Gasteiger charge is -2.16. The molecule has 1 aromatic heterocycles. The maximum Gasteiger partial charge on any atom is 0.133 e. The first-order valence-corrected chi connectivity index (χ1v) is 8.07. The molecular formula is C16H30N4. The molecule has 0 aliphatic carbocycles. The number of unbranched alkanes of at least 4 members (excludes halogenated alkanes) is 1. The van der Waals surface area contributed by atoms with Gasteiger partial charge in [-0.2, -0.15) is 0 Å². The fourth-order valence-corrected chi connectivity index (χ4v) is 2.09. The van der Waals surface area contributed by atoms with E-state index in [1.54, 1.807) is 0 Å². The lowest BCUT2D eigenvalue weighted by Crippen LogP contribution is -2.17. The summed E-state index contributed by atoms with van der Waals surface area (Å²) in [5.41, 5.74) is 0. The van der Waals surface area contributed by atoms with Gasteiger partial charge in [-0.25, -0.2) is 9.97 Å². The molecule has 1 aromatic rings. The number of nitrogens with zero attached hydrogens (tertiary/aromatic N) is 2. The molecule has 0 amide bonds. The first-order valence-electron chi connectivity index (χ1n) is 8.07. The molecule has 2 N–H and O–H groups in total. The number of nitrogens with one attached hydrogen (secondary N) is 2. The molecule has 1 rings (SSSR count). The van der Waals surface area contributed by atoms with Crippen molar-refractivity contribution in [2.75, 3.05) is 17.2 Å². The van der Waals surface area contributed by atoms with Crippen molar-refractivity contribution >= 4 is 11.6 Å². The van der Waals surface area contributed by atoms with Crippen LogP contribution < -0.4 is 10.6 Å². The van der Waals surface area contributed by atoms with E-state index in [9.17, 15) is 0 Å². The Bertz CT molecular complexity index is 379. The van der Waals surface area contributed by atoms with Crippen molar-refractivity contribution in [2.45, 2.75) is 72.3 Å². The van der Waals surface area contributed by atoms with Crippen molar-refractivity contribution in [1.29, 1.82) is 0 Å². The molecule has 1 atom stereocenters. The molecule has 20 heavy (non-hydrogen) atoms. The zero-order valence-electron chi connectivity index (χ0n) is 13.5. The average molecular weight is 278 g/mol. The van der Waals surface area contributed by atoms with Crippen LogP contribution in [0.2, 0.25) is 0 Å². The van der Waals surface area contributed by atoms with Gasteiger partial charge in [-0.1, -0.05) is 33.6 Å². The predicted molar refractivity (Wildman–Crippen MR) is 87.4 cm³/mol. The van der Waals surface area contributed by atoms with Gasteiger partial charge in [0.2, 0.25) is 0 Å². The van der Waals surface area contributed by atoms with Crippen LogP contribution in [0.3, 0.4) is 0 Å². The van der Waals surface area contributed by atoms with E-state index in [0.717, 1.165) is 43.3 Å². The Morgan fingerprint density at radius 1 is 1.05 bits per heavy atom. The largest absolute Gasteiger partial charge is 0.370 e. The molecule has 0 aromatic carbocycles. The normalized spacial score (nSPS) is 12.2. The number of hydrogen-bond acceptors (Lipinski definition) is 4. The Morgan fingerprint density at radius 2 is 1.80 bits per heavy atom. The van der Waals surface area contributed by atoms with E-state index < -0.39 is 0 Å². The quantitative estimate of drug-likeness (QED) is 0.672. The van der Waals surface area contributed by atoms with Gasteiger partial charge in [0.15, 0.2) is 0 Å². The van der Waals surface area contributed by atoms with E-state index in [1.165, 1.54) is 19.3 Å². The molecule has 0 fully saturated rings.